The van der Waals surface area contributed by atoms with Crippen molar-refractivity contribution < 1.29 is 9.47 Å². The predicted molar refractivity (Wildman–Crippen MR) is 114 cm³/mol. The van der Waals surface area contributed by atoms with Gasteiger partial charge in [-0.05, 0) is 49.9 Å². The van der Waals surface area contributed by atoms with Crippen LogP contribution < -0.4 is 14.0 Å². The summed E-state index contributed by atoms with van der Waals surface area (Å²) in [6, 6.07) is 17.4. The van der Waals surface area contributed by atoms with Gasteiger partial charge in [-0.3, -0.25) is 4.48 Å². The van der Waals surface area contributed by atoms with Crippen LogP contribution in [0.15, 0.2) is 48.5 Å². The summed E-state index contributed by atoms with van der Waals surface area (Å²) in [4.78, 5) is 0. The van der Waals surface area contributed by atoms with E-state index in [0.717, 1.165) is 29.1 Å². The Balaban J connectivity index is 2.00. The van der Waals surface area contributed by atoms with Crippen LogP contribution in [0.25, 0.3) is 0 Å². The quantitative estimate of drug-likeness (QED) is 0.575. The Kier molecular flexibility index (Phi) is 7.17. The highest BCUT2D eigenvalue weighted by molar-refractivity contribution is 5.60. The van der Waals surface area contributed by atoms with Gasteiger partial charge in [0.05, 0.1) is 27.3 Å². The van der Waals surface area contributed by atoms with Gasteiger partial charge in [0.25, 0.3) is 0 Å². The second-order valence-corrected chi connectivity index (χ2v) is 7.64. The van der Waals surface area contributed by atoms with Crippen molar-refractivity contribution in [1.82, 2.24) is 4.48 Å². The Morgan fingerprint density at radius 2 is 0.852 bits per heavy atom. The zero-order chi connectivity index (χ0) is 19.0. The molecule has 0 amide bonds. The molecule has 0 spiro atoms. The van der Waals surface area contributed by atoms with Gasteiger partial charge in [0.2, 0.25) is 0 Å². The van der Waals surface area contributed by atoms with Gasteiger partial charge in [-0.15, -0.1) is 0 Å². The molecule has 3 rings (SSSR count). The zero-order valence-corrected chi connectivity index (χ0v) is 17.0. The highest BCUT2D eigenvalue weighted by Crippen LogP contribution is 2.38. The zero-order valence-electron chi connectivity index (χ0n) is 17.0. The maximum atomic E-state index is 5.40. The largest absolute Gasteiger partial charge is 0.497 e. The molecule has 1 aliphatic heterocycles. The van der Waals surface area contributed by atoms with E-state index in [1.165, 1.54) is 62.7 Å². The average Bonchev–Trinajstić information content (AvgIpc) is 2.79. The predicted octanol–water partition coefficient (Wildman–Crippen LogP) is 6.48. The van der Waals surface area contributed by atoms with E-state index in [4.69, 9.17) is 9.47 Å². The van der Waals surface area contributed by atoms with Crippen molar-refractivity contribution in [3.05, 3.63) is 48.5 Å². The molecule has 0 aliphatic carbocycles. The van der Waals surface area contributed by atoms with Crippen LogP contribution in [-0.4, -0.2) is 27.3 Å². The number of benzene rings is 2. The molecule has 1 saturated heterocycles. The fraction of sp³-hybridized carbons (Fsp3) is 0.500. The van der Waals surface area contributed by atoms with Gasteiger partial charge in [0.1, 0.15) is 22.9 Å². The fourth-order valence-corrected chi connectivity index (χ4v) is 4.34. The summed E-state index contributed by atoms with van der Waals surface area (Å²) >= 11 is 0. The van der Waals surface area contributed by atoms with Crippen molar-refractivity contribution in [2.24, 2.45) is 0 Å². The van der Waals surface area contributed by atoms with Crippen LogP contribution in [0.4, 0.5) is 11.4 Å². The lowest BCUT2D eigenvalue weighted by molar-refractivity contribution is 0.359. The number of methoxy groups -OCH3 is 2. The number of ether oxygens (including phenoxy) is 2. The molecule has 3 nitrogen and oxygen atoms in total. The molecule has 1 heterocycles. The van der Waals surface area contributed by atoms with Crippen molar-refractivity contribution in [1.29, 1.82) is 0 Å². The van der Waals surface area contributed by atoms with Crippen molar-refractivity contribution in [3.63, 3.8) is 0 Å². The average molecular weight is 369 g/mol. The number of quaternary nitrogens is 1. The van der Waals surface area contributed by atoms with E-state index in [2.05, 4.69) is 48.5 Å². The maximum Gasteiger partial charge on any atom is 0.138 e. The highest BCUT2D eigenvalue weighted by Gasteiger charge is 2.33. The normalized spacial score (nSPS) is 18.3. The lowest BCUT2D eigenvalue weighted by Gasteiger charge is -2.38. The molecule has 0 aromatic heterocycles. The maximum absolute atomic E-state index is 5.40. The molecule has 1 aliphatic rings. The van der Waals surface area contributed by atoms with Crippen LogP contribution in [0.3, 0.4) is 0 Å². The molecule has 1 fully saturated rings. The molecule has 27 heavy (non-hydrogen) atoms. The second kappa shape index (κ2) is 9.80. The monoisotopic (exact) mass is 368 g/mol. The van der Waals surface area contributed by atoms with E-state index in [1.54, 1.807) is 14.2 Å². The smallest absolute Gasteiger partial charge is 0.138 e. The SMILES string of the molecule is COc1ccc([N+]2(c3ccc(OC)cc3)CCCCCCCCCC2)cc1. The number of rotatable bonds is 4. The van der Waals surface area contributed by atoms with Crippen LogP contribution in [0.2, 0.25) is 0 Å². The fourth-order valence-electron chi connectivity index (χ4n) is 4.34. The molecular formula is C24H34NO2+. The van der Waals surface area contributed by atoms with Crippen LogP contribution in [0, 0.1) is 0 Å². The van der Waals surface area contributed by atoms with E-state index in [1.807, 2.05) is 0 Å². The summed E-state index contributed by atoms with van der Waals surface area (Å²) < 4.78 is 11.7. The van der Waals surface area contributed by atoms with E-state index in [-0.39, 0.29) is 0 Å². The van der Waals surface area contributed by atoms with Gasteiger partial charge >= 0.3 is 0 Å². The standard InChI is InChI=1S/C24H34NO2/c1-26-23-15-11-21(12-16-23)25(22-13-17-24(27-2)18-14-22)19-9-7-5-3-4-6-8-10-20-25/h11-18H,3-10,19-20H2,1-2H3/q+1. The summed E-state index contributed by atoms with van der Waals surface area (Å²) in [5, 5.41) is 0. The molecule has 2 aromatic carbocycles. The Labute approximate surface area is 164 Å². The first kappa shape index (κ1) is 19.8. The molecule has 0 bridgehead atoms. The van der Waals surface area contributed by atoms with Gasteiger partial charge in [-0.2, -0.15) is 0 Å². The molecule has 146 valence electrons. The van der Waals surface area contributed by atoms with Crippen LogP contribution in [0.1, 0.15) is 51.4 Å². The summed E-state index contributed by atoms with van der Waals surface area (Å²) in [5.41, 5.74) is 2.72. The summed E-state index contributed by atoms with van der Waals surface area (Å²) in [6.45, 7) is 2.30. The van der Waals surface area contributed by atoms with Gasteiger partial charge in [-0.1, -0.05) is 25.7 Å². The molecule has 0 unspecified atom stereocenters. The lowest BCUT2D eigenvalue weighted by Crippen LogP contribution is -2.46. The molecule has 0 saturated carbocycles. The minimum Gasteiger partial charge on any atom is -0.497 e. The van der Waals surface area contributed by atoms with Gasteiger partial charge < -0.3 is 9.47 Å². The minimum atomic E-state index is 0.921. The molecule has 0 atom stereocenters. The third-order valence-corrected chi connectivity index (χ3v) is 5.96. The Morgan fingerprint density at radius 3 is 1.19 bits per heavy atom. The van der Waals surface area contributed by atoms with Crippen molar-refractivity contribution in [3.8, 4) is 11.5 Å². The van der Waals surface area contributed by atoms with E-state index in [0.29, 0.717) is 0 Å². The first-order chi connectivity index (χ1) is 13.3. The number of hydrogen-bond acceptors (Lipinski definition) is 2. The van der Waals surface area contributed by atoms with Gasteiger partial charge in [-0.25, -0.2) is 0 Å². The molecule has 2 aromatic rings. The third-order valence-electron chi connectivity index (χ3n) is 5.96. The molecule has 3 heteroatoms. The molecular weight excluding hydrogens is 334 g/mol. The van der Waals surface area contributed by atoms with Gasteiger partial charge in [0.15, 0.2) is 0 Å². The molecule has 0 N–H and O–H groups in total. The summed E-state index contributed by atoms with van der Waals surface area (Å²) in [5.74, 6) is 1.84. The summed E-state index contributed by atoms with van der Waals surface area (Å²) in [6.07, 6.45) is 10.7. The van der Waals surface area contributed by atoms with Crippen LogP contribution in [0.5, 0.6) is 11.5 Å². The highest BCUT2D eigenvalue weighted by atomic mass is 16.5. The topological polar surface area (TPSA) is 18.5 Å². The third kappa shape index (κ3) is 4.84. The second-order valence-electron chi connectivity index (χ2n) is 7.64. The van der Waals surface area contributed by atoms with Crippen molar-refractivity contribution in [2.45, 2.75) is 51.4 Å². The first-order valence-electron chi connectivity index (χ1n) is 10.4. The lowest BCUT2D eigenvalue weighted by atomic mass is 10.1. The minimum absolute atomic E-state index is 0.921. The number of nitrogens with zero attached hydrogens (tertiary/aromatic N) is 1. The van der Waals surface area contributed by atoms with Gasteiger partial charge in [0, 0.05) is 24.3 Å². The Bertz CT molecular complexity index is 617. The van der Waals surface area contributed by atoms with E-state index >= 15 is 0 Å². The van der Waals surface area contributed by atoms with Crippen LogP contribution >= 0.6 is 0 Å². The number of hydrogen-bond donors (Lipinski definition) is 0. The van der Waals surface area contributed by atoms with E-state index in [9.17, 15) is 0 Å². The Morgan fingerprint density at radius 1 is 0.519 bits per heavy atom. The molecule has 0 radical (unpaired) electrons. The van der Waals surface area contributed by atoms with Crippen molar-refractivity contribution in [2.75, 3.05) is 27.3 Å². The van der Waals surface area contributed by atoms with Crippen molar-refractivity contribution >= 4 is 11.4 Å². The summed E-state index contributed by atoms with van der Waals surface area (Å²) in [7, 11) is 3.46. The van der Waals surface area contributed by atoms with E-state index < -0.39 is 0 Å². The first-order valence-corrected chi connectivity index (χ1v) is 10.4. The Hall–Kier alpha value is -2.00. The van der Waals surface area contributed by atoms with Crippen LogP contribution in [-0.2, 0) is 0 Å².